The zero-order chi connectivity index (χ0) is 14.6. The van der Waals surface area contributed by atoms with Crippen LogP contribution in [0.5, 0.6) is 11.5 Å². The molecular formula is C14H21NO4. The number of aliphatic hydroxyl groups excluding tert-OH is 1. The molecule has 0 saturated heterocycles. The topological polar surface area (TPSA) is 67.8 Å². The lowest BCUT2D eigenvalue weighted by Gasteiger charge is -2.24. The SMILES string of the molecule is COc1cc(C(=O)NC(C)(C)CO)cc(OC)c1C. The molecule has 0 atom stereocenters. The van der Waals surface area contributed by atoms with Gasteiger partial charge in [-0.15, -0.1) is 0 Å². The molecule has 0 aliphatic carbocycles. The zero-order valence-electron chi connectivity index (χ0n) is 12.0. The van der Waals surface area contributed by atoms with Crippen molar-refractivity contribution in [3.05, 3.63) is 23.3 Å². The number of carbonyl (C=O) groups excluding carboxylic acids is 1. The number of carbonyl (C=O) groups is 1. The number of amides is 1. The van der Waals surface area contributed by atoms with Gasteiger partial charge in [0.15, 0.2) is 0 Å². The van der Waals surface area contributed by atoms with Crippen molar-refractivity contribution in [1.29, 1.82) is 0 Å². The highest BCUT2D eigenvalue weighted by molar-refractivity contribution is 5.95. The predicted octanol–water partition coefficient (Wildman–Crippen LogP) is 1.51. The molecule has 0 radical (unpaired) electrons. The molecule has 1 aromatic rings. The van der Waals surface area contributed by atoms with Crippen molar-refractivity contribution in [2.24, 2.45) is 0 Å². The molecule has 0 spiro atoms. The predicted molar refractivity (Wildman–Crippen MR) is 72.9 cm³/mol. The van der Waals surface area contributed by atoms with Gasteiger partial charge in [0.05, 0.1) is 26.4 Å². The van der Waals surface area contributed by atoms with Crippen molar-refractivity contribution >= 4 is 5.91 Å². The Labute approximate surface area is 113 Å². The van der Waals surface area contributed by atoms with Crippen LogP contribution in [0.1, 0.15) is 29.8 Å². The first kappa shape index (κ1) is 15.3. The zero-order valence-corrected chi connectivity index (χ0v) is 12.0. The van der Waals surface area contributed by atoms with Gasteiger partial charge in [-0.1, -0.05) is 0 Å². The summed E-state index contributed by atoms with van der Waals surface area (Å²) in [5.74, 6) is 0.897. The summed E-state index contributed by atoms with van der Waals surface area (Å²) in [5.41, 5.74) is 0.589. The van der Waals surface area contributed by atoms with E-state index in [2.05, 4.69) is 5.32 Å². The number of hydrogen-bond donors (Lipinski definition) is 2. The minimum absolute atomic E-state index is 0.140. The molecule has 0 fully saturated rings. The van der Waals surface area contributed by atoms with Crippen LogP contribution < -0.4 is 14.8 Å². The quantitative estimate of drug-likeness (QED) is 0.848. The monoisotopic (exact) mass is 267 g/mol. The third-order valence-corrected chi connectivity index (χ3v) is 2.86. The van der Waals surface area contributed by atoms with E-state index < -0.39 is 5.54 Å². The van der Waals surface area contributed by atoms with E-state index in [0.717, 1.165) is 5.56 Å². The molecule has 106 valence electrons. The summed E-state index contributed by atoms with van der Waals surface area (Å²) in [7, 11) is 3.09. The number of hydrogen-bond acceptors (Lipinski definition) is 4. The second-order valence-electron chi connectivity index (χ2n) is 5.00. The number of nitrogens with one attached hydrogen (secondary N) is 1. The average molecular weight is 267 g/mol. The molecule has 5 heteroatoms. The molecule has 0 unspecified atom stereocenters. The van der Waals surface area contributed by atoms with Gasteiger partial charge in [-0.05, 0) is 32.9 Å². The number of methoxy groups -OCH3 is 2. The average Bonchev–Trinajstić information content (AvgIpc) is 2.38. The Morgan fingerprint density at radius 1 is 1.26 bits per heavy atom. The van der Waals surface area contributed by atoms with Crippen LogP contribution in [0.2, 0.25) is 0 Å². The van der Waals surface area contributed by atoms with E-state index in [0.29, 0.717) is 17.1 Å². The van der Waals surface area contributed by atoms with Gasteiger partial charge in [-0.3, -0.25) is 4.79 Å². The molecule has 1 amide bonds. The lowest BCUT2D eigenvalue weighted by Crippen LogP contribution is -2.46. The Kier molecular flexibility index (Phi) is 4.78. The molecule has 2 N–H and O–H groups in total. The lowest BCUT2D eigenvalue weighted by molar-refractivity contribution is 0.0868. The highest BCUT2D eigenvalue weighted by atomic mass is 16.5. The second-order valence-corrected chi connectivity index (χ2v) is 5.00. The second kappa shape index (κ2) is 5.93. The largest absolute Gasteiger partial charge is 0.496 e. The number of benzene rings is 1. The highest BCUT2D eigenvalue weighted by Crippen LogP contribution is 2.29. The summed E-state index contributed by atoms with van der Waals surface area (Å²) < 4.78 is 10.5. The van der Waals surface area contributed by atoms with Crippen LogP contribution in [0.15, 0.2) is 12.1 Å². The molecule has 0 saturated carbocycles. The van der Waals surface area contributed by atoms with Crippen molar-refractivity contribution in [3.63, 3.8) is 0 Å². The molecule has 0 aliphatic heterocycles. The van der Waals surface area contributed by atoms with E-state index >= 15 is 0 Å². The van der Waals surface area contributed by atoms with Gasteiger partial charge in [-0.2, -0.15) is 0 Å². The van der Waals surface area contributed by atoms with Crippen LogP contribution in [-0.4, -0.2) is 37.4 Å². The Morgan fingerprint density at radius 2 is 1.74 bits per heavy atom. The third kappa shape index (κ3) is 3.61. The minimum Gasteiger partial charge on any atom is -0.496 e. The standard InChI is InChI=1S/C14H21NO4/c1-9-11(18-4)6-10(7-12(9)19-5)13(17)15-14(2,3)8-16/h6-7,16H,8H2,1-5H3,(H,15,17). The van der Waals surface area contributed by atoms with Gasteiger partial charge in [0, 0.05) is 11.1 Å². The van der Waals surface area contributed by atoms with Crippen molar-refractivity contribution in [2.45, 2.75) is 26.3 Å². The van der Waals surface area contributed by atoms with E-state index in [1.54, 1.807) is 40.2 Å². The summed E-state index contributed by atoms with van der Waals surface area (Å²) in [4.78, 5) is 12.1. The van der Waals surface area contributed by atoms with E-state index in [9.17, 15) is 9.90 Å². The maximum absolute atomic E-state index is 12.1. The van der Waals surface area contributed by atoms with Crippen LogP contribution in [-0.2, 0) is 0 Å². The summed E-state index contributed by atoms with van der Waals surface area (Å²) in [5, 5.41) is 11.9. The van der Waals surface area contributed by atoms with Crippen LogP contribution >= 0.6 is 0 Å². The Hall–Kier alpha value is -1.75. The minimum atomic E-state index is -0.678. The van der Waals surface area contributed by atoms with Crippen LogP contribution in [0.4, 0.5) is 0 Å². The fourth-order valence-corrected chi connectivity index (χ4v) is 1.64. The molecule has 0 aliphatic rings. The fraction of sp³-hybridized carbons (Fsp3) is 0.500. The van der Waals surface area contributed by atoms with Crippen molar-refractivity contribution in [2.75, 3.05) is 20.8 Å². The maximum atomic E-state index is 12.1. The Balaban J connectivity index is 3.10. The Bertz CT molecular complexity index is 444. The van der Waals surface area contributed by atoms with Gasteiger partial charge in [-0.25, -0.2) is 0 Å². The molecule has 1 rings (SSSR count). The van der Waals surface area contributed by atoms with Gasteiger partial charge in [0.25, 0.3) is 5.91 Å². The summed E-state index contributed by atoms with van der Waals surface area (Å²) in [6.07, 6.45) is 0. The van der Waals surface area contributed by atoms with Crippen molar-refractivity contribution < 1.29 is 19.4 Å². The van der Waals surface area contributed by atoms with E-state index in [1.807, 2.05) is 6.92 Å². The summed E-state index contributed by atoms with van der Waals surface area (Å²) in [6.45, 7) is 5.21. The third-order valence-electron chi connectivity index (χ3n) is 2.86. The lowest BCUT2D eigenvalue weighted by atomic mass is 10.0. The number of rotatable bonds is 5. The first-order valence-corrected chi connectivity index (χ1v) is 6.00. The smallest absolute Gasteiger partial charge is 0.252 e. The van der Waals surface area contributed by atoms with E-state index in [4.69, 9.17) is 9.47 Å². The van der Waals surface area contributed by atoms with Gasteiger partial charge >= 0.3 is 0 Å². The Morgan fingerprint density at radius 3 is 2.11 bits per heavy atom. The summed E-state index contributed by atoms with van der Waals surface area (Å²) in [6, 6.07) is 3.31. The van der Waals surface area contributed by atoms with Crippen LogP contribution in [0, 0.1) is 6.92 Å². The first-order chi connectivity index (χ1) is 8.84. The van der Waals surface area contributed by atoms with Gasteiger partial charge < -0.3 is 19.9 Å². The highest BCUT2D eigenvalue weighted by Gasteiger charge is 2.21. The molecule has 1 aromatic carbocycles. The van der Waals surface area contributed by atoms with Gasteiger partial charge in [0.1, 0.15) is 11.5 Å². The molecule has 0 bridgehead atoms. The van der Waals surface area contributed by atoms with Crippen LogP contribution in [0.3, 0.4) is 0 Å². The molecule has 0 heterocycles. The normalized spacial score (nSPS) is 11.1. The van der Waals surface area contributed by atoms with Crippen molar-refractivity contribution in [1.82, 2.24) is 5.32 Å². The molecule has 5 nitrogen and oxygen atoms in total. The van der Waals surface area contributed by atoms with Gasteiger partial charge in [0.2, 0.25) is 0 Å². The maximum Gasteiger partial charge on any atom is 0.252 e. The van der Waals surface area contributed by atoms with Crippen molar-refractivity contribution in [3.8, 4) is 11.5 Å². The summed E-state index contributed by atoms with van der Waals surface area (Å²) >= 11 is 0. The molecule has 0 aromatic heterocycles. The number of ether oxygens (including phenoxy) is 2. The first-order valence-electron chi connectivity index (χ1n) is 6.00. The van der Waals surface area contributed by atoms with E-state index in [1.165, 1.54) is 0 Å². The number of aliphatic hydroxyl groups is 1. The van der Waals surface area contributed by atoms with E-state index in [-0.39, 0.29) is 12.5 Å². The van der Waals surface area contributed by atoms with Crippen LogP contribution in [0.25, 0.3) is 0 Å². The fourth-order valence-electron chi connectivity index (χ4n) is 1.64. The molecule has 19 heavy (non-hydrogen) atoms. The molecular weight excluding hydrogens is 246 g/mol.